The Morgan fingerprint density at radius 1 is 1.17 bits per heavy atom. The number of rotatable bonds is 2. The Morgan fingerprint density at radius 2 is 2.07 bits per heavy atom. The highest BCUT2D eigenvalue weighted by Gasteiger charge is 2.39. The number of aromatic nitrogens is 2. The average molecular weight is 399 g/mol. The van der Waals surface area contributed by atoms with Crippen molar-refractivity contribution >= 4 is 23.2 Å². The zero-order valence-electron chi connectivity index (χ0n) is 17.3. The maximum Gasteiger partial charge on any atom is 0.327 e. The van der Waals surface area contributed by atoms with Crippen LogP contribution in [0, 0.1) is 13.8 Å². The third-order valence-electron chi connectivity index (χ3n) is 5.92. The first kappa shape index (κ1) is 18.6. The molecule has 0 radical (unpaired) electrons. The van der Waals surface area contributed by atoms with E-state index in [2.05, 4.69) is 53.3 Å². The molecule has 2 aromatic heterocycles. The van der Waals surface area contributed by atoms with E-state index in [9.17, 15) is 4.79 Å². The van der Waals surface area contributed by atoms with Gasteiger partial charge >= 0.3 is 6.03 Å². The van der Waals surface area contributed by atoms with E-state index in [-0.39, 0.29) is 12.1 Å². The number of hydrogen-bond donors (Lipinski definition) is 1. The maximum absolute atomic E-state index is 13.4. The number of benzene rings is 1. The molecule has 0 spiro atoms. The summed E-state index contributed by atoms with van der Waals surface area (Å²) < 4.78 is 0. The molecule has 5 rings (SSSR count). The number of hydrogen-bond acceptors (Lipinski definition) is 4. The number of nitrogens with one attached hydrogen (secondary N) is 1. The minimum atomic E-state index is -0.149. The van der Waals surface area contributed by atoms with Crippen molar-refractivity contribution in [1.29, 1.82) is 0 Å². The molecule has 6 nitrogen and oxygen atoms in total. The summed E-state index contributed by atoms with van der Waals surface area (Å²) in [5, 5.41) is 3.01. The van der Waals surface area contributed by atoms with E-state index >= 15 is 0 Å². The van der Waals surface area contributed by atoms with Gasteiger partial charge in [0.05, 0.1) is 29.3 Å². The van der Waals surface area contributed by atoms with Crippen molar-refractivity contribution in [2.45, 2.75) is 32.7 Å². The SMILES string of the molecule is Cc1cccc(-c2cc(C)c3c(n2)N(C(=O)Nc2cccnc2)[C@H]2CCCN3C2)c1. The molecule has 0 unspecified atom stereocenters. The Morgan fingerprint density at radius 3 is 2.87 bits per heavy atom. The van der Waals surface area contributed by atoms with Crippen molar-refractivity contribution < 1.29 is 4.79 Å². The van der Waals surface area contributed by atoms with Crippen molar-refractivity contribution in [2.75, 3.05) is 28.2 Å². The number of aryl methyl sites for hydroxylation is 2. The summed E-state index contributed by atoms with van der Waals surface area (Å²) in [5.74, 6) is 0.754. The van der Waals surface area contributed by atoms with E-state index in [1.165, 1.54) is 5.56 Å². The average Bonchev–Trinajstić information content (AvgIpc) is 2.74. The van der Waals surface area contributed by atoms with E-state index in [4.69, 9.17) is 4.98 Å². The number of fused-ring (bicyclic) bond motifs is 4. The molecule has 6 heteroatoms. The lowest BCUT2D eigenvalue weighted by Crippen LogP contribution is -2.56. The van der Waals surface area contributed by atoms with Crippen LogP contribution in [0.1, 0.15) is 24.0 Å². The van der Waals surface area contributed by atoms with Crippen molar-refractivity contribution in [2.24, 2.45) is 0 Å². The number of amides is 2. The summed E-state index contributed by atoms with van der Waals surface area (Å²) in [6, 6.07) is 14.1. The number of piperidine rings is 1. The van der Waals surface area contributed by atoms with Crippen LogP contribution in [-0.4, -0.2) is 35.1 Å². The molecule has 1 fully saturated rings. The summed E-state index contributed by atoms with van der Waals surface area (Å²) in [4.78, 5) is 26.8. The van der Waals surface area contributed by atoms with Gasteiger partial charge < -0.3 is 10.2 Å². The molecular formula is C24H25N5O. The monoisotopic (exact) mass is 399 g/mol. The number of urea groups is 1. The second-order valence-corrected chi connectivity index (χ2v) is 8.15. The molecule has 2 amide bonds. The molecule has 152 valence electrons. The van der Waals surface area contributed by atoms with Gasteiger partial charge in [-0.25, -0.2) is 9.78 Å². The van der Waals surface area contributed by atoms with Crippen LogP contribution in [0.15, 0.2) is 54.9 Å². The Bertz CT molecular complexity index is 1100. The van der Waals surface area contributed by atoms with Gasteiger partial charge in [-0.1, -0.05) is 23.8 Å². The van der Waals surface area contributed by atoms with Crippen molar-refractivity contribution in [1.82, 2.24) is 9.97 Å². The molecule has 1 N–H and O–H groups in total. The lowest BCUT2D eigenvalue weighted by atomic mass is 9.97. The van der Waals surface area contributed by atoms with Gasteiger partial charge in [0.15, 0.2) is 5.82 Å². The molecular weight excluding hydrogens is 374 g/mol. The minimum Gasteiger partial charge on any atom is -0.366 e. The first-order valence-corrected chi connectivity index (χ1v) is 10.4. The van der Waals surface area contributed by atoms with Gasteiger partial charge in [0.1, 0.15) is 0 Å². The van der Waals surface area contributed by atoms with Crippen molar-refractivity contribution in [3.05, 3.63) is 66.0 Å². The number of carbonyl (C=O) groups is 1. The van der Waals surface area contributed by atoms with Crippen LogP contribution < -0.4 is 15.1 Å². The largest absolute Gasteiger partial charge is 0.366 e. The lowest BCUT2D eigenvalue weighted by Gasteiger charge is -2.46. The fourth-order valence-electron chi connectivity index (χ4n) is 4.58. The molecule has 2 aliphatic rings. The predicted octanol–water partition coefficient (Wildman–Crippen LogP) is 4.78. The van der Waals surface area contributed by atoms with Gasteiger partial charge in [-0.2, -0.15) is 0 Å². The van der Waals surface area contributed by atoms with Crippen LogP contribution >= 0.6 is 0 Å². The van der Waals surface area contributed by atoms with E-state index in [0.29, 0.717) is 5.69 Å². The zero-order chi connectivity index (χ0) is 20.7. The molecule has 0 aliphatic carbocycles. The van der Waals surface area contributed by atoms with Crippen LogP contribution in [0.25, 0.3) is 11.3 Å². The molecule has 1 aromatic carbocycles. The molecule has 30 heavy (non-hydrogen) atoms. The third kappa shape index (κ3) is 3.28. The fraction of sp³-hybridized carbons (Fsp3) is 0.292. The predicted molar refractivity (Wildman–Crippen MR) is 120 cm³/mol. The topological polar surface area (TPSA) is 61.4 Å². The van der Waals surface area contributed by atoms with Gasteiger partial charge in [-0.05, 0) is 56.5 Å². The number of anilines is 3. The third-order valence-corrected chi connectivity index (χ3v) is 5.92. The zero-order valence-corrected chi connectivity index (χ0v) is 17.3. The minimum absolute atomic E-state index is 0.114. The number of pyridine rings is 2. The molecule has 2 bridgehead atoms. The normalized spacial score (nSPS) is 17.5. The molecule has 2 aliphatic heterocycles. The Labute approximate surface area is 176 Å². The quantitative estimate of drug-likeness (QED) is 0.674. The van der Waals surface area contributed by atoms with Crippen molar-refractivity contribution in [3.63, 3.8) is 0 Å². The van der Waals surface area contributed by atoms with E-state index in [1.807, 2.05) is 23.1 Å². The Balaban J connectivity index is 1.60. The Kier molecular flexibility index (Phi) is 4.62. The van der Waals surface area contributed by atoms with Gasteiger partial charge in [0.25, 0.3) is 0 Å². The summed E-state index contributed by atoms with van der Waals surface area (Å²) in [7, 11) is 0. The summed E-state index contributed by atoms with van der Waals surface area (Å²) >= 11 is 0. The first-order chi connectivity index (χ1) is 14.6. The Hall–Kier alpha value is -3.41. The molecule has 4 heterocycles. The standard InChI is InChI=1S/C24H25N5O/c1-16-6-3-7-18(12-16)21-13-17(2)22-23(27-21)29(20-9-5-11-28(22)15-20)24(30)26-19-8-4-10-25-14-19/h3-4,6-8,10,12-14,20H,5,9,11,15H2,1-2H3,(H,26,30)/t20-/m0/s1. The van der Waals surface area contributed by atoms with Crippen LogP contribution in [0.2, 0.25) is 0 Å². The van der Waals surface area contributed by atoms with Crippen LogP contribution in [0.5, 0.6) is 0 Å². The molecule has 1 saturated heterocycles. The fourth-order valence-corrected chi connectivity index (χ4v) is 4.58. The second kappa shape index (κ2) is 7.44. The van der Waals surface area contributed by atoms with Crippen molar-refractivity contribution in [3.8, 4) is 11.3 Å². The van der Waals surface area contributed by atoms with Gasteiger partial charge in [-0.3, -0.25) is 9.88 Å². The maximum atomic E-state index is 13.4. The van der Waals surface area contributed by atoms with Gasteiger partial charge in [-0.15, -0.1) is 0 Å². The summed E-state index contributed by atoms with van der Waals surface area (Å²) in [5.41, 5.74) is 6.07. The van der Waals surface area contributed by atoms with E-state index in [0.717, 1.165) is 54.3 Å². The highest BCUT2D eigenvalue weighted by molar-refractivity contribution is 6.04. The number of nitrogens with zero attached hydrogens (tertiary/aromatic N) is 4. The smallest absolute Gasteiger partial charge is 0.327 e. The van der Waals surface area contributed by atoms with Crippen LogP contribution in [-0.2, 0) is 0 Å². The molecule has 0 saturated carbocycles. The first-order valence-electron chi connectivity index (χ1n) is 10.4. The second-order valence-electron chi connectivity index (χ2n) is 8.15. The van der Waals surface area contributed by atoms with Crippen LogP contribution in [0.4, 0.5) is 22.0 Å². The van der Waals surface area contributed by atoms with Gasteiger partial charge in [0.2, 0.25) is 0 Å². The lowest BCUT2D eigenvalue weighted by molar-refractivity contribution is 0.252. The highest BCUT2D eigenvalue weighted by Crippen LogP contribution is 2.42. The molecule has 3 aromatic rings. The number of carbonyl (C=O) groups excluding carboxylic acids is 1. The summed E-state index contributed by atoms with van der Waals surface area (Å²) in [6.07, 6.45) is 5.41. The summed E-state index contributed by atoms with van der Waals surface area (Å²) in [6.45, 7) is 6.05. The van der Waals surface area contributed by atoms with E-state index < -0.39 is 0 Å². The van der Waals surface area contributed by atoms with Gasteiger partial charge in [0, 0.05) is 24.8 Å². The highest BCUT2D eigenvalue weighted by atomic mass is 16.2. The molecule has 1 atom stereocenters. The van der Waals surface area contributed by atoms with E-state index in [1.54, 1.807) is 12.4 Å². The van der Waals surface area contributed by atoms with Crippen LogP contribution in [0.3, 0.4) is 0 Å².